The number of nitrogens with zero attached hydrogens (tertiary/aromatic N) is 2. The summed E-state index contributed by atoms with van der Waals surface area (Å²) in [6.07, 6.45) is -4.16. The number of fused-ring (bicyclic) bond motifs is 1. The minimum Gasteiger partial charge on any atom is -0.504 e. The van der Waals surface area contributed by atoms with Crippen molar-refractivity contribution >= 4 is 51.8 Å². The summed E-state index contributed by atoms with van der Waals surface area (Å²) in [4.78, 5) is 39.1. The molecular weight excluding hydrogens is 595 g/mol. The first-order valence-corrected chi connectivity index (χ1v) is 13.1. The maximum Gasteiger partial charge on any atom is 0.407 e. The summed E-state index contributed by atoms with van der Waals surface area (Å²) in [6, 6.07) is 5.19. The maximum absolute atomic E-state index is 15.4. The molecule has 218 valence electrons. The van der Waals surface area contributed by atoms with Gasteiger partial charge in [0.05, 0.1) is 17.4 Å². The molecule has 1 spiro atoms. The Morgan fingerprint density at radius 1 is 1.17 bits per heavy atom. The molecule has 3 aromatic rings. The number of amides is 2. The number of phenolic OH excluding ortho intramolecular Hbond substituents is 1. The van der Waals surface area contributed by atoms with Crippen LogP contribution >= 0.6 is 23.2 Å². The molecular formula is C26H22Cl2F4N4O5. The van der Waals surface area contributed by atoms with Crippen molar-refractivity contribution in [1.82, 2.24) is 15.2 Å². The van der Waals surface area contributed by atoms with Gasteiger partial charge in [-0.05, 0) is 23.8 Å². The van der Waals surface area contributed by atoms with Crippen LogP contribution in [0.5, 0.6) is 5.75 Å². The molecule has 2 fully saturated rings. The van der Waals surface area contributed by atoms with Crippen LogP contribution in [0.4, 0.5) is 28.0 Å². The third-order valence-electron chi connectivity index (χ3n) is 7.17. The molecule has 41 heavy (non-hydrogen) atoms. The van der Waals surface area contributed by atoms with Crippen LogP contribution < -0.4 is 21.0 Å². The lowest BCUT2D eigenvalue weighted by atomic mass is 9.91. The number of benzene rings is 2. The van der Waals surface area contributed by atoms with Crippen LogP contribution in [-0.4, -0.2) is 53.1 Å². The third kappa shape index (κ3) is 5.73. The van der Waals surface area contributed by atoms with E-state index >= 15 is 4.39 Å². The van der Waals surface area contributed by atoms with Gasteiger partial charge in [-0.15, -0.1) is 0 Å². The van der Waals surface area contributed by atoms with E-state index in [1.54, 1.807) is 0 Å². The zero-order chi connectivity index (χ0) is 29.7. The summed E-state index contributed by atoms with van der Waals surface area (Å²) in [5.74, 6) is -2.96. The van der Waals surface area contributed by atoms with Crippen molar-refractivity contribution in [2.45, 2.75) is 37.7 Å². The second-order valence-electron chi connectivity index (χ2n) is 9.90. The highest BCUT2D eigenvalue weighted by molar-refractivity contribution is 6.35. The number of aromatic nitrogens is 1. The molecule has 9 nitrogen and oxygen atoms in total. The molecule has 2 aliphatic heterocycles. The van der Waals surface area contributed by atoms with Crippen LogP contribution in [0.2, 0.25) is 10.0 Å². The average molecular weight is 617 g/mol. The number of nitrogens with one attached hydrogen (secondary N) is 2. The predicted octanol–water partition coefficient (Wildman–Crippen LogP) is 4.72. The first kappa shape index (κ1) is 28.8. The lowest BCUT2D eigenvalue weighted by Crippen LogP contribution is -2.47. The van der Waals surface area contributed by atoms with Crippen molar-refractivity contribution in [2.24, 2.45) is 0 Å². The molecule has 3 N–H and O–H groups in total. The quantitative estimate of drug-likeness (QED) is 0.358. The zero-order valence-electron chi connectivity index (χ0n) is 21.1. The largest absolute Gasteiger partial charge is 0.504 e. The van der Waals surface area contributed by atoms with E-state index in [2.05, 4.69) is 10.6 Å². The molecule has 2 saturated heterocycles. The Labute approximate surface area is 239 Å². The van der Waals surface area contributed by atoms with Crippen molar-refractivity contribution < 1.29 is 37.0 Å². The van der Waals surface area contributed by atoms with E-state index in [1.807, 2.05) is 0 Å². The molecule has 2 aliphatic rings. The fourth-order valence-electron chi connectivity index (χ4n) is 5.14. The van der Waals surface area contributed by atoms with E-state index in [4.69, 9.17) is 27.9 Å². The van der Waals surface area contributed by atoms with Crippen molar-refractivity contribution in [3.8, 4) is 5.75 Å². The predicted molar refractivity (Wildman–Crippen MR) is 142 cm³/mol. The van der Waals surface area contributed by atoms with Gasteiger partial charge in [0.25, 0.3) is 5.91 Å². The van der Waals surface area contributed by atoms with Gasteiger partial charge >= 0.3 is 12.3 Å². The van der Waals surface area contributed by atoms with Gasteiger partial charge in [-0.3, -0.25) is 9.59 Å². The van der Waals surface area contributed by atoms with Crippen molar-refractivity contribution in [3.63, 3.8) is 0 Å². The molecule has 0 saturated carbocycles. The topological polar surface area (TPSA) is 113 Å². The van der Waals surface area contributed by atoms with E-state index in [0.29, 0.717) is 27.4 Å². The number of phenols is 1. The Balaban J connectivity index is 1.52. The number of rotatable bonds is 5. The Bertz CT molecular complexity index is 1620. The summed E-state index contributed by atoms with van der Waals surface area (Å²) >= 11 is 12.0. The summed E-state index contributed by atoms with van der Waals surface area (Å²) in [7, 11) is 0. The van der Waals surface area contributed by atoms with Gasteiger partial charge in [0.1, 0.15) is 23.4 Å². The fourth-order valence-corrected chi connectivity index (χ4v) is 5.61. The highest BCUT2D eigenvalue weighted by atomic mass is 35.5. The Morgan fingerprint density at radius 2 is 1.88 bits per heavy atom. The van der Waals surface area contributed by atoms with Crippen LogP contribution in [0, 0.1) is 5.82 Å². The molecule has 0 aliphatic carbocycles. The van der Waals surface area contributed by atoms with E-state index in [0.717, 1.165) is 0 Å². The highest BCUT2D eigenvalue weighted by Crippen LogP contribution is 2.41. The van der Waals surface area contributed by atoms with Crippen molar-refractivity contribution in [3.05, 3.63) is 67.7 Å². The lowest BCUT2D eigenvalue weighted by Gasteiger charge is -2.38. The van der Waals surface area contributed by atoms with Gasteiger partial charge in [0.2, 0.25) is 5.43 Å². The fraction of sp³-hybridized carbons (Fsp3) is 0.346. The minimum atomic E-state index is -4.82. The van der Waals surface area contributed by atoms with Gasteiger partial charge in [-0.2, -0.15) is 13.2 Å². The van der Waals surface area contributed by atoms with E-state index in [9.17, 15) is 32.7 Å². The number of alkyl carbamates (subject to hydrolysis) is 1. The zero-order valence-corrected chi connectivity index (χ0v) is 22.6. The molecule has 15 heteroatoms. The number of anilines is 1. The number of hydrogen-bond donors (Lipinski definition) is 3. The smallest absolute Gasteiger partial charge is 0.407 e. The summed E-state index contributed by atoms with van der Waals surface area (Å²) in [5, 5.41) is 16.0. The molecule has 3 heterocycles. The Morgan fingerprint density at radius 3 is 2.49 bits per heavy atom. The van der Waals surface area contributed by atoms with Gasteiger partial charge in [-0.1, -0.05) is 29.3 Å². The second kappa shape index (κ2) is 10.6. The molecule has 0 atom stereocenters. The van der Waals surface area contributed by atoms with Gasteiger partial charge in [-0.25, -0.2) is 9.18 Å². The van der Waals surface area contributed by atoms with Crippen LogP contribution in [0.25, 0.3) is 10.9 Å². The number of pyridine rings is 1. The van der Waals surface area contributed by atoms with Crippen LogP contribution in [0.1, 0.15) is 28.8 Å². The minimum absolute atomic E-state index is 0.113. The van der Waals surface area contributed by atoms with Crippen LogP contribution in [0.3, 0.4) is 0 Å². The number of halogens is 6. The first-order valence-electron chi connectivity index (χ1n) is 12.4. The maximum atomic E-state index is 15.4. The average Bonchev–Trinajstić information content (AvgIpc) is 3.24. The van der Waals surface area contributed by atoms with Crippen molar-refractivity contribution in [2.75, 3.05) is 24.5 Å². The SMILES string of the molecule is O=C1NCC2(CCN(c3c(F)cc4c(=O)c(C(=O)NCc5ccc(Cl)cc5Cl)cn(CC(F)(F)F)c4c3O)CC2)O1. The molecule has 0 unspecified atom stereocenters. The van der Waals surface area contributed by atoms with Crippen molar-refractivity contribution in [1.29, 1.82) is 0 Å². The molecule has 0 radical (unpaired) electrons. The monoisotopic (exact) mass is 616 g/mol. The molecule has 1 aromatic heterocycles. The van der Waals surface area contributed by atoms with E-state index < -0.39 is 69.5 Å². The standard InChI is InChI=1S/C26H22Cl2F4N4O5/c27-14-2-1-13(17(28)7-14)9-33-23(39)16-10-36(12-26(30,31)32)19-15(21(16)37)8-18(29)20(22(19)38)35-5-3-25(4-6-35)11-34-24(40)41-25/h1-2,7-8,10,38H,3-6,9,11-12H2,(H,33,39)(H,34,40). The number of ether oxygens (including phenoxy) is 1. The second-order valence-corrected chi connectivity index (χ2v) is 10.7. The summed E-state index contributed by atoms with van der Waals surface area (Å²) in [5.41, 5.74) is -3.09. The number of carbonyl (C=O) groups excluding carboxylic acids is 2. The molecule has 5 rings (SSSR count). The number of hydrogen-bond acceptors (Lipinski definition) is 6. The van der Waals surface area contributed by atoms with Crippen LogP contribution in [0.15, 0.2) is 35.3 Å². The highest BCUT2D eigenvalue weighted by Gasteiger charge is 2.43. The van der Waals surface area contributed by atoms with E-state index in [1.165, 1.54) is 23.1 Å². The van der Waals surface area contributed by atoms with Gasteiger partial charge in [0, 0.05) is 48.7 Å². The van der Waals surface area contributed by atoms with E-state index in [-0.39, 0.29) is 44.0 Å². The normalized spacial score (nSPS) is 16.6. The summed E-state index contributed by atoms with van der Waals surface area (Å²) < 4.78 is 62.0. The molecule has 2 amide bonds. The third-order valence-corrected chi connectivity index (χ3v) is 7.75. The Hall–Kier alpha value is -3.71. The van der Waals surface area contributed by atoms with Gasteiger partial charge in [0.15, 0.2) is 11.6 Å². The van der Waals surface area contributed by atoms with Crippen LogP contribution in [-0.2, 0) is 17.8 Å². The number of piperidine rings is 1. The number of aromatic hydroxyl groups is 1. The van der Waals surface area contributed by atoms with Gasteiger partial charge < -0.3 is 29.9 Å². The summed E-state index contributed by atoms with van der Waals surface area (Å²) in [6.45, 7) is -1.36. The first-order chi connectivity index (χ1) is 19.3. The molecule has 2 aromatic carbocycles. The lowest BCUT2D eigenvalue weighted by molar-refractivity contribution is -0.140. The molecule has 0 bridgehead atoms. The number of alkyl halides is 3. The Kier molecular flexibility index (Phi) is 7.45. The number of carbonyl (C=O) groups is 2.